The summed E-state index contributed by atoms with van der Waals surface area (Å²) in [7, 11) is 0. The van der Waals surface area contributed by atoms with Crippen LogP contribution in [0.4, 0.5) is 14.7 Å². The van der Waals surface area contributed by atoms with E-state index in [9.17, 15) is 8.78 Å². The molecule has 2 aromatic rings. The minimum Gasteiger partial charge on any atom is -0.367 e. The second-order valence-electron chi connectivity index (χ2n) is 7.61. The highest BCUT2D eigenvalue weighted by Crippen LogP contribution is 2.49. The Hall–Kier alpha value is -0.990. The zero-order chi connectivity index (χ0) is 17.8. The molecular formula is C18H23F2IN4. The van der Waals surface area contributed by atoms with Gasteiger partial charge >= 0.3 is 0 Å². The quantitative estimate of drug-likeness (QED) is 0.653. The highest BCUT2D eigenvalue weighted by atomic mass is 127. The summed E-state index contributed by atoms with van der Waals surface area (Å²) in [6.45, 7) is 2.23. The summed E-state index contributed by atoms with van der Waals surface area (Å²) < 4.78 is 30.2. The standard InChI is InChI=1S/C18H23F2IN4/c1-2-17(6-3-7-17)15-12(21)10-13-14(23-16(22)24-25(13)15)11-4-8-18(19,20)9-5-11/h10-11H,2-9H2,1H3,(H2,22,24). The van der Waals surface area contributed by atoms with Gasteiger partial charge in [0.2, 0.25) is 11.9 Å². The third-order valence-electron chi connectivity index (χ3n) is 6.22. The van der Waals surface area contributed by atoms with Crippen molar-refractivity contribution >= 4 is 34.1 Å². The van der Waals surface area contributed by atoms with Crippen molar-refractivity contribution in [2.75, 3.05) is 5.73 Å². The number of nitrogens with zero attached hydrogens (tertiary/aromatic N) is 3. The number of hydrogen-bond acceptors (Lipinski definition) is 3. The zero-order valence-corrected chi connectivity index (χ0v) is 16.5. The largest absolute Gasteiger partial charge is 0.367 e. The van der Waals surface area contributed by atoms with E-state index in [1.165, 1.54) is 28.5 Å². The summed E-state index contributed by atoms with van der Waals surface area (Å²) in [4.78, 5) is 4.48. The first-order valence-electron chi connectivity index (χ1n) is 9.08. The molecule has 2 heterocycles. The molecular weight excluding hydrogens is 437 g/mol. The summed E-state index contributed by atoms with van der Waals surface area (Å²) in [5.74, 6) is -2.27. The van der Waals surface area contributed by atoms with Crippen LogP contribution in [0.1, 0.15) is 75.6 Å². The number of hydrogen-bond donors (Lipinski definition) is 1. The van der Waals surface area contributed by atoms with Crippen LogP contribution in [0.15, 0.2) is 6.07 Å². The van der Waals surface area contributed by atoms with Crippen molar-refractivity contribution in [3.05, 3.63) is 21.0 Å². The van der Waals surface area contributed by atoms with Crippen molar-refractivity contribution in [3.63, 3.8) is 0 Å². The van der Waals surface area contributed by atoms with Crippen LogP contribution in [0.5, 0.6) is 0 Å². The average molecular weight is 460 g/mol. The maximum Gasteiger partial charge on any atom is 0.248 e. The third-order valence-corrected chi connectivity index (χ3v) is 7.05. The van der Waals surface area contributed by atoms with Crippen molar-refractivity contribution in [3.8, 4) is 0 Å². The number of anilines is 1. The number of rotatable bonds is 3. The van der Waals surface area contributed by atoms with Crippen molar-refractivity contribution in [1.82, 2.24) is 14.6 Å². The van der Waals surface area contributed by atoms with Crippen molar-refractivity contribution in [2.45, 2.75) is 75.5 Å². The summed E-state index contributed by atoms with van der Waals surface area (Å²) in [6, 6.07) is 2.12. The van der Waals surface area contributed by atoms with Crippen LogP contribution in [0.25, 0.3) is 5.52 Å². The lowest BCUT2D eigenvalue weighted by Crippen LogP contribution is -2.36. The molecule has 25 heavy (non-hydrogen) atoms. The van der Waals surface area contributed by atoms with E-state index in [1.807, 2.05) is 4.52 Å². The molecule has 0 saturated heterocycles. The predicted molar refractivity (Wildman–Crippen MR) is 102 cm³/mol. The first-order chi connectivity index (χ1) is 11.9. The molecule has 2 fully saturated rings. The van der Waals surface area contributed by atoms with Gasteiger partial charge in [0.15, 0.2) is 0 Å². The Morgan fingerprint density at radius 2 is 1.96 bits per heavy atom. The first kappa shape index (κ1) is 17.4. The van der Waals surface area contributed by atoms with Gasteiger partial charge in [0.1, 0.15) is 0 Å². The Bertz CT molecular complexity index is 797. The fraction of sp³-hybridized carbons (Fsp3) is 0.667. The molecule has 7 heteroatoms. The lowest BCUT2D eigenvalue weighted by molar-refractivity contribution is -0.0384. The molecule has 4 rings (SSSR count). The molecule has 0 aliphatic heterocycles. The Kier molecular flexibility index (Phi) is 4.20. The van der Waals surface area contributed by atoms with Crippen LogP contribution < -0.4 is 5.73 Å². The van der Waals surface area contributed by atoms with Gasteiger partial charge in [0, 0.05) is 27.7 Å². The number of halogens is 3. The highest BCUT2D eigenvalue weighted by Gasteiger charge is 2.42. The topological polar surface area (TPSA) is 56.2 Å². The van der Waals surface area contributed by atoms with Crippen LogP contribution >= 0.6 is 22.6 Å². The van der Waals surface area contributed by atoms with Gasteiger partial charge < -0.3 is 5.73 Å². The predicted octanol–water partition coefficient (Wildman–Crippen LogP) is 5.04. The zero-order valence-electron chi connectivity index (χ0n) is 14.4. The summed E-state index contributed by atoms with van der Waals surface area (Å²) in [5, 5.41) is 4.51. The van der Waals surface area contributed by atoms with Crippen LogP contribution in [0.2, 0.25) is 0 Å². The molecule has 2 aliphatic carbocycles. The van der Waals surface area contributed by atoms with Crippen LogP contribution in [-0.2, 0) is 5.41 Å². The lowest BCUT2D eigenvalue weighted by atomic mass is 9.65. The fourth-order valence-electron chi connectivity index (χ4n) is 4.52. The molecule has 2 saturated carbocycles. The van der Waals surface area contributed by atoms with Gasteiger partial charge in [0.05, 0.1) is 16.9 Å². The molecule has 136 valence electrons. The molecule has 2 aliphatic rings. The van der Waals surface area contributed by atoms with Crippen LogP contribution in [-0.4, -0.2) is 20.5 Å². The molecule has 0 bridgehead atoms. The Morgan fingerprint density at radius 3 is 2.52 bits per heavy atom. The lowest BCUT2D eigenvalue weighted by Gasteiger charge is -2.41. The second-order valence-corrected chi connectivity index (χ2v) is 8.77. The molecule has 2 N–H and O–H groups in total. The van der Waals surface area contributed by atoms with Crippen LogP contribution in [0.3, 0.4) is 0 Å². The van der Waals surface area contributed by atoms with Gasteiger partial charge in [-0.05, 0) is 60.8 Å². The summed E-state index contributed by atoms with van der Waals surface area (Å²) in [5.41, 5.74) is 9.20. The van der Waals surface area contributed by atoms with Crippen molar-refractivity contribution in [1.29, 1.82) is 0 Å². The van der Waals surface area contributed by atoms with Gasteiger partial charge in [-0.2, -0.15) is 0 Å². The fourth-order valence-corrected chi connectivity index (χ4v) is 5.61. The minimum atomic E-state index is -2.54. The molecule has 0 unspecified atom stereocenters. The molecule has 4 nitrogen and oxygen atoms in total. The van der Waals surface area contributed by atoms with Crippen molar-refractivity contribution < 1.29 is 8.78 Å². The highest BCUT2D eigenvalue weighted by molar-refractivity contribution is 14.1. The van der Waals surface area contributed by atoms with Crippen LogP contribution in [0, 0.1) is 3.57 Å². The Morgan fingerprint density at radius 1 is 1.28 bits per heavy atom. The number of alkyl halides is 2. The van der Waals surface area contributed by atoms with E-state index in [4.69, 9.17) is 5.73 Å². The van der Waals surface area contributed by atoms with E-state index in [2.05, 4.69) is 45.7 Å². The van der Waals surface area contributed by atoms with Gasteiger partial charge in [-0.15, -0.1) is 5.10 Å². The summed E-state index contributed by atoms with van der Waals surface area (Å²) >= 11 is 2.37. The maximum atomic E-state index is 13.5. The van der Waals surface area contributed by atoms with E-state index in [-0.39, 0.29) is 30.1 Å². The van der Waals surface area contributed by atoms with E-state index in [0.717, 1.165) is 17.6 Å². The maximum absolute atomic E-state index is 13.5. The molecule has 0 amide bonds. The molecule has 0 radical (unpaired) electrons. The van der Waals surface area contributed by atoms with Gasteiger partial charge in [0.25, 0.3) is 0 Å². The second kappa shape index (κ2) is 6.03. The number of nitrogens with two attached hydrogens (primary N) is 1. The van der Waals surface area contributed by atoms with Gasteiger partial charge in [-0.25, -0.2) is 18.3 Å². The number of fused-ring (bicyclic) bond motifs is 1. The van der Waals surface area contributed by atoms with Crippen molar-refractivity contribution in [2.24, 2.45) is 0 Å². The molecule has 0 spiro atoms. The SMILES string of the molecule is CCC1(c2c(I)cc3c(C4CCC(F)(F)CC4)nc(N)nn23)CCC1. The normalized spacial score (nSPS) is 22.9. The first-order valence-corrected chi connectivity index (χ1v) is 10.2. The average Bonchev–Trinajstić information content (AvgIpc) is 2.84. The summed E-state index contributed by atoms with van der Waals surface area (Å²) in [6.07, 6.45) is 5.41. The van der Waals surface area contributed by atoms with E-state index >= 15 is 0 Å². The Labute approximate surface area is 159 Å². The minimum absolute atomic E-state index is 0.0324. The van der Waals surface area contributed by atoms with E-state index in [0.29, 0.717) is 12.8 Å². The smallest absolute Gasteiger partial charge is 0.248 e. The molecule has 0 aromatic carbocycles. The monoisotopic (exact) mass is 460 g/mol. The van der Waals surface area contributed by atoms with Gasteiger partial charge in [-0.3, -0.25) is 0 Å². The number of nitrogen functional groups attached to an aromatic ring is 1. The van der Waals surface area contributed by atoms with E-state index < -0.39 is 5.92 Å². The molecule has 2 aromatic heterocycles. The number of aromatic nitrogens is 3. The molecule has 0 atom stereocenters. The van der Waals surface area contributed by atoms with Gasteiger partial charge in [-0.1, -0.05) is 13.3 Å². The van der Waals surface area contributed by atoms with E-state index in [1.54, 1.807) is 0 Å². The third kappa shape index (κ3) is 2.82. The Balaban J connectivity index is 1.82.